The van der Waals surface area contributed by atoms with E-state index in [9.17, 15) is 22.8 Å². The number of hydrogen-bond acceptors (Lipinski definition) is 4. The Labute approximate surface area is 204 Å². The number of likely N-dealkylation sites (tertiary alicyclic amines) is 1. The van der Waals surface area contributed by atoms with Crippen LogP contribution in [0.2, 0.25) is 0 Å². The van der Waals surface area contributed by atoms with E-state index in [1.807, 2.05) is 9.80 Å². The molecule has 0 aromatic heterocycles. The molecule has 1 unspecified atom stereocenters. The van der Waals surface area contributed by atoms with Crippen LogP contribution >= 0.6 is 0 Å². The van der Waals surface area contributed by atoms with Crippen LogP contribution in [0.15, 0.2) is 18.2 Å². The van der Waals surface area contributed by atoms with Gasteiger partial charge in [0.15, 0.2) is 0 Å². The van der Waals surface area contributed by atoms with Crippen molar-refractivity contribution in [2.45, 2.75) is 63.6 Å². The normalized spacial score (nSPS) is 22.8. The van der Waals surface area contributed by atoms with Gasteiger partial charge in [0.1, 0.15) is 6.04 Å². The second-order valence-corrected chi connectivity index (χ2v) is 10.6. The van der Waals surface area contributed by atoms with Crippen LogP contribution in [0.25, 0.3) is 0 Å². The minimum atomic E-state index is -4.59. The van der Waals surface area contributed by atoms with Gasteiger partial charge in [-0.25, -0.2) is 0 Å². The number of piperidine rings is 1. The number of carbonyl (C=O) groups excluding carboxylic acids is 2. The summed E-state index contributed by atoms with van der Waals surface area (Å²) in [5.74, 6) is 0.0115. The molecule has 1 aliphatic carbocycles. The summed E-state index contributed by atoms with van der Waals surface area (Å²) < 4.78 is 40.3. The van der Waals surface area contributed by atoms with Gasteiger partial charge in [-0.15, -0.1) is 0 Å². The Hall–Kier alpha value is -2.76. The highest BCUT2D eigenvalue weighted by Crippen LogP contribution is 2.46. The number of alkyl halides is 3. The van der Waals surface area contributed by atoms with E-state index < -0.39 is 17.8 Å². The highest BCUT2D eigenvalue weighted by molar-refractivity contribution is 5.89. The predicted molar refractivity (Wildman–Crippen MR) is 125 cm³/mol. The summed E-state index contributed by atoms with van der Waals surface area (Å²) in [5.41, 5.74) is -1.07. The Morgan fingerprint density at radius 3 is 2.34 bits per heavy atom. The number of likely N-dealkylation sites (N-methyl/N-ethyl adjacent to an activating group) is 1. The van der Waals surface area contributed by atoms with Crippen molar-refractivity contribution in [3.63, 3.8) is 0 Å². The molecule has 4 rings (SSSR count). The molecule has 1 atom stereocenters. The smallest absolute Gasteiger partial charge is 0.371 e. The van der Waals surface area contributed by atoms with Crippen LogP contribution in [0.3, 0.4) is 0 Å². The van der Waals surface area contributed by atoms with Crippen molar-refractivity contribution in [3.05, 3.63) is 29.3 Å². The van der Waals surface area contributed by atoms with Crippen molar-refractivity contribution in [2.24, 2.45) is 11.3 Å². The third-order valence-corrected chi connectivity index (χ3v) is 8.09. The number of nitriles is 1. The predicted octanol–water partition coefficient (Wildman–Crippen LogP) is 4.43. The molecule has 2 saturated heterocycles. The van der Waals surface area contributed by atoms with Gasteiger partial charge < -0.3 is 14.7 Å². The standard InChI is InChI=1S/C26H33F3N4O2/c1-31(2)24(35)22-15-25(17-33(22)23(34)18-6-4-3-5-7-18)10-12-32(13-11-25)20-9-8-19(16-30)21(14-20)26(27,28)29/h8-9,14,18,22H,3-7,10-13,15,17H2,1-2H3. The molecule has 0 radical (unpaired) electrons. The average Bonchev–Trinajstić information content (AvgIpc) is 3.22. The van der Waals surface area contributed by atoms with Gasteiger partial charge in [-0.2, -0.15) is 18.4 Å². The van der Waals surface area contributed by atoms with Crippen LogP contribution in [-0.2, 0) is 15.8 Å². The molecule has 35 heavy (non-hydrogen) atoms. The quantitative estimate of drug-likeness (QED) is 0.629. The van der Waals surface area contributed by atoms with E-state index in [0.717, 1.165) is 38.2 Å². The highest BCUT2D eigenvalue weighted by Gasteiger charge is 2.51. The molecule has 1 aromatic carbocycles. The molecule has 0 N–H and O–H groups in total. The lowest BCUT2D eigenvalue weighted by Gasteiger charge is -2.40. The lowest BCUT2D eigenvalue weighted by molar-refractivity contribution is -0.145. The van der Waals surface area contributed by atoms with E-state index >= 15 is 0 Å². The molecular formula is C26H33F3N4O2. The molecular weight excluding hydrogens is 457 g/mol. The number of hydrogen-bond donors (Lipinski definition) is 0. The molecule has 3 aliphatic rings. The Morgan fingerprint density at radius 2 is 1.77 bits per heavy atom. The first-order chi connectivity index (χ1) is 16.5. The molecule has 6 nitrogen and oxygen atoms in total. The van der Waals surface area contributed by atoms with Gasteiger partial charge in [0, 0.05) is 45.3 Å². The van der Waals surface area contributed by atoms with Crippen LogP contribution in [0.1, 0.15) is 62.5 Å². The second kappa shape index (κ2) is 9.71. The Balaban J connectivity index is 1.51. The number of amides is 2. The van der Waals surface area contributed by atoms with Crippen LogP contribution in [0, 0.1) is 22.7 Å². The van der Waals surface area contributed by atoms with E-state index in [-0.39, 0.29) is 28.7 Å². The topological polar surface area (TPSA) is 67.7 Å². The van der Waals surface area contributed by atoms with E-state index in [1.54, 1.807) is 31.1 Å². The first-order valence-electron chi connectivity index (χ1n) is 12.4. The molecule has 0 bridgehead atoms. The van der Waals surface area contributed by atoms with Gasteiger partial charge in [0.2, 0.25) is 11.8 Å². The highest BCUT2D eigenvalue weighted by atomic mass is 19.4. The number of anilines is 1. The van der Waals surface area contributed by atoms with Crippen molar-refractivity contribution in [2.75, 3.05) is 38.6 Å². The Morgan fingerprint density at radius 1 is 1.11 bits per heavy atom. The lowest BCUT2D eigenvalue weighted by atomic mass is 9.76. The molecule has 2 amide bonds. The summed E-state index contributed by atoms with van der Waals surface area (Å²) in [6.45, 7) is 1.61. The van der Waals surface area contributed by atoms with E-state index in [2.05, 4.69) is 0 Å². The van der Waals surface area contributed by atoms with Crippen molar-refractivity contribution in [1.29, 1.82) is 5.26 Å². The van der Waals surface area contributed by atoms with Gasteiger partial charge in [-0.05, 0) is 55.7 Å². The lowest BCUT2D eigenvalue weighted by Crippen LogP contribution is -2.48. The van der Waals surface area contributed by atoms with Crippen LogP contribution < -0.4 is 4.90 Å². The summed E-state index contributed by atoms with van der Waals surface area (Å²) in [6, 6.07) is 5.01. The van der Waals surface area contributed by atoms with Gasteiger partial charge in [-0.3, -0.25) is 9.59 Å². The summed E-state index contributed by atoms with van der Waals surface area (Å²) in [6.07, 6.45) is 2.37. The van der Waals surface area contributed by atoms with Gasteiger partial charge in [-0.1, -0.05) is 19.3 Å². The molecule has 1 aromatic rings. The maximum absolute atomic E-state index is 13.5. The fourth-order valence-corrected chi connectivity index (χ4v) is 6.05. The van der Waals surface area contributed by atoms with Crippen LogP contribution in [0.4, 0.5) is 18.9 Å². The fourth-order valence-electron chi connectivity index (χ4n) is 6.05. The van der Waals surface area contributed by atoms with Crippen LogP contribution in [0.5, 0.6) is 0 Å². The molecule has 1 spiro atoms. The Bertz CT molecular complexity index is 1000. The number of carbonyl (C=O) groups is 2. The Kier molecular flexibility index (Phi) is 7.03. The van der Waals surface area contributed by atoms with Gasteiger partial charge in [0.05, 0.1) is 17.2 Å². The van der Waals surface area contributed by atoms with Crippen molar-refractivity contribution in [3.8, 4) is 6.07 Å². The monoisotopic (exact) mass is 490 g/mol. The minimum Gasteiger partial charge on any atom is -0.371 e. The first kappa shape index (κ1) is 25.3. The van der Waals surface area contributed by atoms with E-state index in [0.29, 0.717) is 44.6 Å². The second-order valence-electron chi connectivity index (χ2n) is 10.6. The molecule has 1 saturated carbocycles. The molecule has 190 valence electrons. The fraction of sp³-hybridized carbons (Fsp3) is 0.654. The van der Waals surface area contributed by atoms with Crippen molar-refractivity contribution >= 4 is 17.5 Å². The number of nitrogens with zero attached hydrogens (tertiary/aromatic N) is 4. The van der Waals surface area contributed by atoms with Crippen molar-refractivity contribution < 1.29 is 22.8 Å². The van der Waals surface area contributed by atoms with Gasteiger partial charge in [0.25, 0.3) is 0 Å². The zero-order valence-electron chi connectivity index (χ0n) is 20.4. The zero-order chi connectivity index (χ0) is 25.4. The molecule has 3 fully saturated rings. The van der Waals surface area contributed by atoms with Gasteiger partial charge >= 0.3 is 6.18 Å². The maximum atomic E-state index is 13.5. The van der Waals surface area contributed by atoms with E-state index in [4.69, 9.17) is 5.26 Å². The average molecular weight is 491 g/mol. The summed E-state index contributed by atoms with van der Waals surface area (Å²) in [7, 11) is 3.42. The first-order valence-corrected chi connectivity index (χ1v) is 12.4. The summed E-state index contributed by atoms with van der Waals surface area (Å²) >= 11 is 0. The van der Waals surface area contributed by atoms with Crippen LogP contribution in [-0.4, -0.2) is 61.4 Å². The largest absolute Gasteiger partial charge is 0.417 e. The SMILES string of the molecule is CN(C)C(=O)C1CC2(CCN(c3ccc(C#N)c(C(F)(F)F)c3)CC2)CN1C(=O)C1CCCCC1. The number of halogens is 3. The van der Waals surface area contributed by atoms with Crippen molar-refractivity contribution in [1.82, 2.24) is 9.80 Å². The number of rotatable bonds is 3. The van der Waals surface area contributed by atoms with E-state index in [1.165, 1.54) is 6.07 Å². The summed E-state index contributed by atoms with van der Waals surface area (Å²) in [5, 5.41) is 9.07. The third-order valence-electron chi connectivity index (χ3n) is 8.09. The number of benzene rings is 1. The zero-order valence-corrected chi connectivity index (χ0v) is 20.4. The summed E-state index contributed by atoms with van der Waals surface area (Å²) in [4.78, 5) is 31.8. The minimum absolute atomic E-state index is 0.0177. The maximum Gasteiger partial charge on any atom is 0.417 e. The third kappa shape index (κ3) is 5.12. The molecule has 2 heterocycles. The molecule has 9 heteroatoms. The molecule has 2 aliphatic heterocycles.